The van der Waals surface area contributed by atoms with Crippen LogP contribution in [0, 0.1) is 12.7 Å². The van der Waals surface area contributed by atoms with E-state index in [-0.39, 0.29) is 29.7 Å². The maximum Gasteiger partial charge on any atom is 0.271 e. The number of aromatic hydroxyl groups is 1. The first kappa shape index (κ1) is 24.8. The number of benzene rings is 2. The van der Waals surface area contributed by atoms with Gasteiger partial charge in [-0.15, -0.1) is 11.3 Å². The molecule has 2 atom stereocenters. The van der Waals surface area contributed by atoms with Gasteiger partial charge >= 0.3 is 0 Å². The summed E-state index contributed by atoms with van der Waals surface area (Å²) in [7, 11) is 0. The van der Waals surface area contributed by atoms with Crippen molar-refractivity contribution in [3.63, 3.8) is 0 Å². The van der Waals surface area contributed by atoms with Gasteiger partial charge in [-0.3, -0.25) is 14.2 Å². The first-order chi connectivity index (χ1) is 17.9. The van der Waals surface area contributed by atoms with E-state index in [2.05, 4.69) is 9.97 Å². The molecule has 2 aromatic carbocycles. The fourth-order valence-corrected chi connectivity index (χ4v) is 5.79. The zero-order chi connectivity index (χ0) is 26.1. The molecule has 1 amide bonds. The quantitative estimate of drug-likeness (QED) is 0.381. The molecule has 1 aliphatic rings. The summed E-state index contributed by atoms with van der Waals surface area (Å²) >= 11 is 1.32. The minimum absolute atomic E-state index is 0.187. The Morgan fingerprint density at radius 3 is 2.57 bits per heavy atom. The van der Waals surface area contributed by atoms with Crippen LogP contribution in [0.2, 0.25) is 0 Å². The Labute approximate surface area is 217 Å². The molecule has 0 radical (unpaired) electrons. The number of likely N-dealkylation sites (tertiary alicyclic amines) is 1. The van der Waals surface area contributed by atoms with Crippen LogP contribution in [0.4, 0.5) is 4.39 Å². The van der Waals surface area contributed by atoms with Crippen LogP contribution >= 0.6 is 11.3 Å². The molecule has 1 N–H and O–H groups in total. The van der Waals surface area contributed by atoms with Gasteiger partial charge in [-0.25, -0.2) is 9.37 Å². The van der Waals surface area contributed by atoms with Crippen LogP contribution in [-0.4, -0.2) is 43.5 Å². The molecule has 4 aromatic rings. The number of nitrogens with zero attached hydrogens (tertiary/aromatic N) is 4. The number of carbonyl (C=O) groups is 1. The van der Waals surface area contributed by atoms with Crippen molar-refractivity contribution in [2.24, 2.45) is 0 Å². The normalized spacial score (nSPS) is 16.2. The van der Waals surface area contributed by atoms with E-state index < -0.39 is 23.4 Å². The second-order valence-corrected chi connectivity index (χ2v) is 10.1. The van der Waals surface area contributed by atoms with Crippen LogP contribution in [0.25, 0.3) is 10.8 Å². The van der Waals surface area contributed by atoms with E-state index in [1.165, 1.54) is 26.9 Å². The van der Waals surface area contributed by atoms with Crippen LogP contribution in [-0.2, 0) is 0 Å². The molecule has 1 fully saturated rings. The monoisotopic (exact) mass is 518 g/mol. The van der Waals surface area contributed by atoms with Crippen molar-refractivity contribution in [3.8, 4) is 16.7 Å². The van der Waals surface area contributed by atoms with E-state index in [0.717, 1.165) is 11.3 Å². The van der Waals surface area contributed by atoms with Gasteiger partial charge in [0.15, 0.2) is 16.4 Å². The number of aryl methyl sites for hydroxylation is 1. The molecule has 0 spiro atoms. The number of rotatable bonds is 6. The summed E-state index contributed by atoms with van der Waals surface area (Å²) in [5.74, 6) is -1.50. The van der Waals surface area contributed by atoms with E-state index in [9.17, 15) is 19.1 Å². The van der Waals surface area contributed by atoms with E-state index >= 15 is 0 Å². The van der Waals surface area contributed by atoms with Gasteiger partial charge in [-0.1, -0.05) is 55.5 Å². The first-order valence-electron chi connectivity index (χ1n) is 12.3. The fourth-order valence-electron chi connectivity index (χ4n) is 5.01. The van der Waals surface area contributed by atoms with Crippen molar-refractivity contribution in [1.29, 1.82) is 0 Å². The molecular weight excluding hydrogens is 491 g/mol. The summed E-state index contributed by atoms with van der Waals surface area (Å²) in [4.78, 5) is 38.0. The molecule has 1 saturated heterocycles. The molecule has 2 aromatic heterocycles. The highest BCUT2D eigenvalue weighted by Gasteiger charge is 2.34. The Bertz CT molecular complexity index is 1500. The number of amides is 1. The second kappa shape index (κ2) is 10.3. The Morgan fingerprint density at radius 1 is 1.16 bits per heavy atom. The van der Waals surface area contributed by atoms with Crippen LogP contribution in [0.3, 0.4) is 0 Å². The SMILES string of the molecule is CC[C@@H](c1ccccc1)n1c(-c2nc(C)cs2)nc(O)c(C(=O)N2CCC(c3ccccc3F)C2)c1=O. The molecule has 190 valence electrons. The molecule has 0 saturated carbocycles. The third-order valence-electron chi connectivity index (χ3n) is 6.82. The average molecular weight is 519 g/mol. The lowest BCUT2D eigenvalue weighted by molar-refractivity contribution is 0.0784. The van der Waals surface area contributed by atoms with Crippen molar-refractivity contribution in [2.75, 3.05) is 13.1 Å². The number of hydrogen-bond acceptors (Lipinski definition) is 6. The van der Waals surface area contributed by atoms with E-state index in [1.54, 1.807) is 18.2 Å². The molecule has 0 aliphatic carbocycles. The van der Waals surface area contributed by atoms with Gasteiger partial charge in [0.25, 0.3) is 11.5 Å². The first-order valence-corrected chi connectivity index (χ1v) is 13.1. The van der Waals surface area contributed by atoms with E-state index in [0.29, 0.717) is 30.0 Å². The number of thiazole rings is 1. The van der Waals surface area contributed by atoms with Gasteiger partial charge in [0.05, 0.1) is 6.04 Å². The predicted molar refractivity (Wildman–Crippen MR) is 141 cm³/mol. The average Bonchev–Trinajstić information content (AvgIpc) is 3.56. The van der Waals surface area contributed by atoms with Crippen molar-refractivity contribution in [3.05, 3.63) is 98.5 Å². The molecule has 1 unspecified atom stereocenters. The molecule has 0 bridgehead atoms. The summed E-state index contributed by atoms with van der Waals surface area (Å²) in [5, 5.41) is 13.2. The van der Waals surface area contributed by atoms with Crippen molar-refractivity contribution < 1.29 is 14.3 Å². The minimum atomic E-state index is -0.620. The Kier molecular flexibility index (Phi) is 6.88. The van der Waals surface area contributed by atoms with Crippen LogP contribution < -0.4 is 5.56 Å². The standard InChI is InChI=1S/C28H27FN4O3S/c1-3-22(18-9-5-4-6-10-18)33-24(26-30-17(2)16-37-26)31-25(34)23(28(33)36)27(35)32-14-13-19(15-32)20-11-7-8-12-21(20)29/h4-12,16,19,22,34H,3,13-15H2,1-2H3/t19?,22-/m0/s1. The van der Waals surface area contributed by atoms with Crippen molar-refractivity contribution in [1.82, 2.24) is 19.4 Å². The van der Waals surface area contributed by atoms with Gasteiger partial charge < -0.3 is 10.0 Å². The highest BCUT2D eigenvalue weighted by molar-refractivity contribution is 7.13. The summed E-state index contributed by atoms with van der Waals surface area (Å²) in [6.07, 6.45) is 1.12. The maximum absolute atomic E-state index is 14.4. The number of aromatic nitrogens is 3. The molecule has 9 heteroatoms. The molecule has 1 aliphatic heterocycles. The molecule has 3 heterocycles. The Balaban J connectivity index is 1.59. The van der Waals surface area contributed by atoms with Gasteiger partial charge in [-0.05, 0) is 37.0 Å². The summed E-state index contributed by atoms with van der Waals surface area (Å²) in [6.45, 7) is 4.39. The largest absolute Gasteiger partial charge is 0.493 e. The third-order valence-corrected chi connectivity index (χ3v) is 7.78. The van der Waals surface area contributed by atoms with E-state index in [1.807, 2.05) is 49.6 Å². The lowest BCUT2D eigenvalue weighted by atomic mass is 9.98. The molecular formula is C28H27FN4O3S. The maximum atomic E-state index is 14.4. The van der Waals surface area contributed by atoms with Crippen molar-refractivity contribution in [2.45, 2.75) is 38.6 Å². The highest BCUT2D eigenvalue weighted by atomic mass is 32.1. The Hall–Kier alpha value is -3.85. The summed E-state index contributed by atoms with van der Waals surface area (Å²) in [5.41, 5.74) is 1.20. The molecule has 37 heavy (non-hydrogen) atoms. The lowest BCUT2D eigenvalue weighted by Crippen LogP contribution is -2.38. The van der Waals surface area contributed by atoms with E-state index in [4.69, 9.17) is 0 Å². The summed E-state index contributed by atoms with van der Waals surface area (Å²) in [6, 6.07) is 15.6. The predicted octanol–water partition coefficient (Wildman–Crippen LogP) is 5.15. The highest BCUT2D eigenvalue weighted by Crippen LogP contribution is 2.33. The third kappa shape index (κ3) is 4.67. The van der Waals surface area contributed by atoms with Crippen LogP contribution in [0.15, 0.2) is 64.8 Å². The van der Waals surface area contributed by atoms with Crippen LogP contribution in [0.1, 0.15) is 58.9 Å². The van der Waals surface area contributed by atoms with Gasteiger partial charge in [0.1, 0.15) is 5.82 Å². The number of carbonyl (C=O) groups excluding carboxylic acids is 1. The smallest absolute Gasteiger partial charge is 0.271 e. The van der Waals surface area contributed by atoms with Gasteiger partial charge in [0.2, 0.25) is 5.88 Å². The Morgan fingerprint density at radius 2 is 1.89 bits per heavy atom. The second-order valence-electron chi connectivity index (χ2n) is 9.20. The van der Waals surface area contributed by atoms with Crippen molar-refractivity contribution >= 4 is 17.2 Å². The lowest BCUT2D eigenvalue weighted by Gasteiger charge is -2.23. The fraction of sp³-hybridized carbons (Fsp3) is 0.286. The molecule has 7 nitrogen and oxygen atoms in total. The topological polar surface area (TPSA) is 88.3 Å². The molecule has 5 rings (SSSR count). The van der Waals surface area contributed by atoms with Gasteiger partial charge in [0, 0.05) is 30.1 Å². The van der Waals surface area contributed by atoms with Gasteiger partial charge in [-0.2, -0.15) is 4.98 Å². The minimum Gasteiger partial charge on any atom is -0.493 e. The summed E-state index contributed by atoms with van der Waals surface area (Å²) < 4.78 is 15.8. The zero-order valence-electron chi connectivity index (χ0n) is 20.6. The van der Waals surface area contributed by atoms with Crippen LogP contribution in [0.5, 0.6) is 5.88 Å². The zero-order valence-corrected chi connectivity index (χ0v) is 21.4. The number of halogens is 1. The number of hydrogen-bond donors (Lipinski definition) is 1.